The quantitative estimate of drug-likeness (QED) is 0.252. The predicted molar refractivity (Wildman–Crippen MR) is 103 cm³/mol. The van der Waals surface area contributed by atoms with Gasteiger partial charge >= 0.3 is 0 Å². The third-order valence-corrected chi connectivity index (χ3v) is 5.03. The maximum Gasteiger partial charge on any atom is 0.265 e. The van der Waals surface area contributed by atoms with Crippen molar-refractivity contribution in [2.24, 2.45) is 0 Å². The molecule has 1 heterocycles. The molecule has 27 heavy (non-hydrogen) atoms. The molecule has 0 unspecified atom stereocenters. The van der Waals surface area contributed by atoms with E-state index in [2.05, 4.69) is 21.4 Å². The fourth-order valence-corrected chi connectivity index (χ4v) is 3.59. The largest absolute Gasteiger partial charge is 0.346 e. The molecule has 4 nitrogen and oxygen atoms in total. The van der Waals surface area contributed by atoms with Crippen molar-refractivity contribution >= 4 is 37.3 Å². The molecule has 3 rings (SSSR count). The summed E-state index contributed by atoms with van der Waals surface area (Å²) < 4.78 is 27.3. The third-order valence-electron chi connectivity index (χ3n) is 3.62. The van der Waals surface area contributed by atoms with Crippen molar-refractivity contribution in [1.82, 2.24) is 0 Å². The molecule has 2 aromatic carbocycles. The molecule has 0 atom stereocenters. The predicted octanol–water partition coefficient (Wildman–Crippen LogP) is 3.57. The van der Waals surface area contributed by atoms with Gasteiger partial charge in [-0.3, -0.25) is 15.5 Å². The molecule has 0 fully saturated rings. The van der Waals surface area contributed by atoms with Gasteiger partial charge in [-0.05, 0) is 24.6 Å². The minimum absolute atomic E-state index is 0. The smallest absolute Gasteiger partial charge is 0.265 e. The van der Waals surface area contributed by atoms with Gasteiger partial charge in [0.15, 0.2) is 0 Å². The zero-order valence-electron chi connectivity index (χ0n) is 14.8. The van der Waals surface area contributed by atoms with Crippen molar-refractivity contribution in [3.05, 3.63) is 70.1 Å². The van der Waals surface area contributed by atoms with Gasteiger partial charge in [0.1, 0.15) is 12.4 Å². The van der Waals surface area contributed by atoms with Crippen molar-refractivity contribution in [2.45, 2.75) is 6.92 Å². The second kappa shape index (κ2) is 9.23. The number of thiophene rings is 1. The van der Waals surface area contributed by atoms with E-state index in [0.717, 1.165) is 21.9 Å². The molecule has 0 saturated heterocycles. The Morgan fingerprint density at radius 1 is 1.19 bits per heavy atom. The molecule has 0 aliphatic heterocycles. The number of rotatable bonds is 4. The monoisotopic (exact) mass is 472 g/mol. The first-order chi connectivity index (χ1) is 12.3. The van der Waals surface area contributed by atoms with Crippen molar-refractivity contribution in [2.75, 3.05) is 12.9 Å². The molecule has 0 aliphatic carbocycles. The minimum Gasteiger partial charge on any atom is -0.346 e. The van der Waals surface area contributed by atoms with E-state index in [-0.39, 0.29) is 45.1 Å². The Bertz CT molecular complexity index is 1130. The van der Waals surface area contributed by atoms with E-state index >= 15 is 0 Å². The second-order valence-corrected chi connectivity index (χ2v) is 8.25. The fraction of sp³-hybridized carbons (Fsp3) is 0.150. The summed E-state index contributed by atoms with van der Waals surface area (Å²) in [7, 11) is -3.49. The average Bonchev–Trinajstić information content (AvgIpc) is 3.00. The molecule has 1 radical (unpaired) electrons. The summed E-state index contributed by atoms with van der Waals surface area (Å²) in [5.74, 6) is 5.34. The van der Waals surface area contributed by atoms with Crippen LogP contribution in [0.1, 0.15) is 27.0 Å². The molecule has 0 amide bonds. The molecule has 0 spiro atoms. The van der Waals surface area contributed by atoms with Crippen molar-refractivity contribution in [1.29, 1.82) is 0 Å². The number of aryl methyl sites for hydroxylation is 1. The van der Waals surface area contributed by atoms with E-state index in [9.17, 15) is 13.2 Å². The van der Waals surface area contributed by atoms with Crippen molar-refractivity contribution in [3.63, 3.8) is 0 Å². The SMILES string of the molecule is Cc1ccc2c(C(=O)c3ccc(C#CCOS(C)(=O)=O)cc3)[c-]sc2c1.[Y]. The van der Waals surface area contributed by atoms with Crippen LogP contribution in [0.3, 0.4) is 0 Å². The van der Waals surface area contributed by atoms with Crippen molar-refractivity contribution in [3.8, 4) is 11.8 Å². The Balaban J connectivity index is 0.00000261. The van der Waals surface area contributed by atoms with Gasteiger partial charge in [-0.2, -0.15) is 8.42 Å². The van der Waals surface area contributed by atoms with E-state index in [0.29, 0.717) is 16.7 Å². The van der Waals surface area contributed by atoms with Gasteiger partial charge in [0.05, 0.1) is 6.26 Å². The normalized spacial score (nSPS) is 10.7. The van der Waals surface area contributed by atoms with Crippen LogP contribution in [0.15, 0.2) is 42.5 Å². The van der Waals surface area contributed by atoms with Gasteiger partial charge in [-0.25, -0.2) is 0 Å². The molecule has 0 saturated carbocycles. The maximum atomic E-state index is 12.7. The van der Waals surface area contributed by atoms with Gasteiger partial charge in [-0.1, -0.05) is 57.3 Å². The molecular weight excluding hydrogens is 457 g/mol. The Hall–Kier alpha value is -1.36. The van der Waals surface area contributed by atoms with Crippen LogP contribution in [0, 0.1) is 24.1 Å². The standard InChI is InChI=1S/C20H15O4S2.Y/c1-14-5-10-17-18(13-25-19(17)12-14)20(21)16-8-6-15(7-9-16)4-3-11-24-26(2,22)23;/h5-10,12H,11H2,1-2H3;/q-1;. The van der Waals surface area contributed by atoms with Gasteiger partial charge in [0.2, 0.25) is 0 Å². The fourth-order valence-electron chi connectivity index (χ4n) is 2.37. The summed E-state index contributed by atoms with van der Waals surface area (Å²) in [6, 6.07) is 12.8. The number of carbonyl (C=O) groups is 1. The first-order valence-corrected chi connectivity index (χ1v) is 10.4. The molecule has 0 N–H and O–H groups in total. The summed E-state index contributed by atoms with van der Waals surface area (Å²) in [6.07, 6.45) is 0.974. The van der Waals surface area contributed by atoms with Gasteiger partial charge in [0, 0.05) is 38.3 Å². The van der Waals surface area contributed by atoms with Crippen LogP contribution in [0.4, 0.5) is 0 Å². The van der Waals surface area contributed by atoms with Crippen LogP contribution in [0.25, 0.3) is 10.1 Å². The zero-order chi connectivity index (χ0) is 18.7. The van der Waals surface area contributed by atoms with Crippen LogP contribution in [0.2, 0.25) is 0 Å². The summed E-state index contributed by atoms with van der Waals surface area (Å²) in [5.41, 5.74) is 2.95. The zero-order valence-corrected chi connectivity index (χ0v) is 19.2. The Kier molecular flexibility index (Phi) is 7.50. The van der Waals surface area contributed by atoms with E-state index in [1.165, 1.54) is 11.3 Å². The second-order valence-electron chi connectivity index (χ2n) is 5.75. The van der Waals surface area contributed by atoms with Crippen molar-refractivity contribution < 1.29 is 50.1 Å². The molecule has 1 aromatic heterocycles. The Morgan fingerprint density at radius 2 is 1.89 bits per heavy atom. The van der Waals surface area contributed by atoms with E-state index in [4.69, 9.17) is 0 Å². The number of carbonyl (C=O) groups excluding carboxylic acids is 1. The van der Waals surface area contributed by atoms with Crippen LogP contribution >= 0.6 is 11.3 Å². The van der Waals surface area contributed by atoms with Crippen LogP contribution in [-0.4, -0.2) is 27.1 Å². The summed E-state index contributed by atoms with van der Waals surface area (Å²) >= 11 is 1.44. The number of benzene rings is 2. The minimum atomic E-state index is -3.49. The number of hydrogen-bond acceptors (Lipinski definition) is 5. The molecule has 0 aliphatic rings. The topological polar surface area (TPSA) is 60.4 Å². The summed E-state index contributed by atoms with van der Waals surface area (Å²) in [5, 5.41) is 4.01. The first-order valence-electron chi connectivity index (χ1n) is 7.72. The summed E-state index contributed by atoms with van der Waals surface area (Å²) in [4.78, 5) is 12.7. The van der Waals surface area contributed by atoms with Gasteiger partial charge < -0.3 is 4.79 Å². The van der Waals surface area contributed by atoms with E-state index < -0.39 is 10.1 Å². The first kappa shape index (κ1) is 21.9. The van der Waals surface area contributed by atoms with Crippen LogP contribution in [-0.2, 0) is 47.0 Å². The number of ketones is 1. The van der Waals surface area contributed by atoms with Crippen LogP contribution < -0.4 is 0 Å². The van der Waals surface area contributed by atoms with Gasteiger partial charge in [-0.15, -0.1) is 11.5 Å². The van der Waals surface area contributed by atoms with Gasteiger partial charge in [0.25, 0.3) is 10.1 Å². The maximum absolute atomic E-state index is 12.7. The Labute approximate surface area is 187 Å². The van der Waals surface area contributed by atoms with E-state index in [1.54, 1.807) is 24.3 Å². The van der Waals surface area contributed by atoms with E-state index in [1.807, 2.05) is 25.1 Å². The molecule has 3 aromatic rings. The third kappa shape index (κ3) is 5.81. The average molecular weight is 472 g/mol. The molecule has 7 heteroatoms. The van der Waals surface area contributed by atoms with Crippen LogP contribution in [0.5, 0.6) is 0 Å². The number of hydrogen-bond donors (Lipinski definition) is 0. The Morgan fingerprint density at radius 3 is 2.56 bits per heavy atom. The molecular formula is C20H15O4S2Y-. The summed E-state index contributed by atoms with van der Waals surface area (Å²) in [6.45, 7) is 1.82. The molecule has 0 bridgehead atoms. The molecule has 135 valence electrons. The number of fused-ring (bicyclic) bond motifs is 1.